The van der Waals surface area contributed by atoms with Crippen molar-refractivity contribution in [3.63, 3.8) is 0 Å². The highest BCUT2D eigenvalue weighted by Gasteiger charge is 2.13. The smallest absolute Gasteiger partial charge is 0.252 e. The van der Waals surface area contributed by atoms with Gasteiger partial charge < -0.3 is 10.1 Å². The van der Waals surface area contributed by atoms with E-state index in [1.807, 2.05) is 92.0 Å². The molecule has 0 aliphatic carbocycles. The minimum absolute atomic E-state index is 0.113. The predicted molar refractivity (Wildman–Crippen MR) is 134 cm³/mol. The maximum absolute atomic E-state index is 13.2. The number of hydrogen-bond acceptors (Lipinski definition) is 5. The fourth-order valence-electron chi connectivity index (χ4n) is 3.26. The lowest BCUT2D eigenvalue weighted by Crippen LogP contribution is -2.24. The molecule has 0 aliphatic heterocycles. The minimum atomic E-state index is -0.151. The first kappa shape index (κ1) is 22.4. The highest BCUT2D eigenvalue weighted by atomic mass is 32.1. The van der Waals surface area contributed by atoms with Gasteiger partial charge in [-0.15, -0.1) is 11.3 Å². The van der Waals surface area contributed by atoms with Gasteiger partial charge in [0.15, 0.2) is 0 Å². The van der Waals surface area contributed by atoms with Gasteiger partial charge in [-0.2, -0.15) is 0 Å². The van der Waals surface area contributed by atoms with Crippen LogP contribution >= 0.6 is 11.3 Å². The van der Waals surface area contributed by atoms with E-state index in [1.165, 1.54) is 0 Å². The number of carbonyl (C=O) groups is 1. The molecule has 166 valence electrons. The molecule has 0 atom stereocenters. The molecule has 0 unspecified atom stereocenters. The molecule has 5 nitrogen and oxygen atoms in total. The Bertz CT molecular complexity index is 1220. The first-order chi connectivity index (χ1) is 16.1. The normalized spacial score (nSPS) is 11.4. The van der Waals surface area contributed by atoms with Crippen molar-refractivity contribution < 1.29 is 9.53 Å². The standard InChI is InChI=1S/C27H25N3O2S/c1-19(2)32-24-10-8-20(9-11-24)16-25(21-6-4-3-5-7-21)26(31)29-17-23-18-33-27(30-23)22-12-14-28-15-13-22/h3-16,18-19H,17H2,1-2H3,(H,29,31)/b25-16+. The lowest BCUT2D eigenvalue weighted by Gasteiger charge is -2.11. The highest BCUT2D eigenvalue weighted by Crippen LogP contribution is 2.24. The highest BCUT2D eigenvalue weighted by molar-refractivity contribution is 7.13. The topological polar surface area (TPSA) is 64.1 Å². The molecule has 0 spiro atoms. The molecule has 2 aromatic carbocycles. The van der Waals surface area contributed by atoms with E-state index >= 15 is 0 Å². The summed E-state index contributed by atoms with van der Waals surface area (Å²) in [5, 5.41) is 5.89. The van der Waals surface area contributed by atoms with E-state index < -0.39 is 0 Å². The van der Waals surface area contributed by atoms with Crippen LogP contribution in [-0.4, -0.2) is 22.0 Å². The Morgan fingerprint density at radius 2 is 1.76 bits per heavy atom. The maximum Gasteiger partial charge on any atom is 0.252 e. The van der Waals surface area contributed by atoms with E-state index in [0.717, 1.165) is 33.1 Å². The van der Waals surface area contributed by atoms with E-state index in [1.54, 1.807) is 23.7 Å². The molecule has 2 aromatic heterocycles. The van der Waals surface area contributed by atoms with Gasteiger partial charge in [-0.05, 0) is 55.3 Å². The second-order valence-electron chi connectivity index (χ2n) is 7.72. The zero-order valence-electron chi connectivity index (χ0n) is 18.6. The zero-order valence-corrected chi connectivity index (χ0v) is 19.4. The van der Waals surface area contributed by atoms with Crippen LogP contribution in [0.2, 0.25) is 0 Å². The largest absolute Gasteiger partial charge is 0.491 e. The molecular formula is C27H25N3O2S. The molecule has 4 aromatic rings. The second kappa shape index (κ2) is 10.7. The number of rotatable bonds is 8. The van der Waals surface area contributed by atoms with E-state index in [-0.39, 0.29) is 12.0 Å². The van der Waals surface area contributed by atoms with Crippen LogP contribution in [0.1, 0.15) is 30.7 Å². The Balaban J connectivity index is 1.51. The van der Waals surface area contributed by atoms with Gasteiger partial charge in [-0.25, -0.2) is 4.98 Å². The molecule has 0 saturated carbocycles. The van der Waals surface area contributed by atoms with Crippen molar-refractivity contribution in [1.29, 1.82) is 0 Å². The third-order valence-corrected chi connectivity index (χ3v) is 5.74. The number of hydrogen-bond donors (Lipinski definition) is 1. The zero-order chi connectivity index (χ0) is 23.0. The van der Waals surface area contributed by atoms with Crippen LogP contribution in [0.25, 0.3) is 22.2 Å². The lowest BCUT2D eigenvalue weighted by molar-refractivity contribution is -0.115. The Kier molecular flexibility index (Phi) is 7.27. The summed E-state index contributed by atoms with van der Waals surface area (Å²) in [5.74, 6) is 0.656. The summed E-state index contributed by atoms with van der Waals surface area (Å²) < 4.78 is 5.72. The number of amides is 1. The summed E-state index contributed by atoms with van der Waals surface area (Å²) in [6, 6.07) is 21.3. The number of thiazole rings is 1. The molecule has 6 heteroatoms. The first-order valence-corrected chi connectivity index (χ1v) is 11.6. The Morgan fingerprint density at radius 3 is 2.45 bits per heavy atom. The molecule has 0 fully saturated rings. The molecule has 33 heavy (non-hydrogen) atoms. The van der Waals surface area contributed by atoms with Crippen molar-refractivity contribution in [1.82, 2.24) is 15.3 Å². The number of nitrogens with one attached hydrogen (secondary N) is 1. The number of ether oxygens (including phenoxy) is 1. The van der Waals surface area contributed by atoms with Gasteiger partial charge in [-0.1, -0.05) is 42.5 Å². The summed E-state index contributed by atoms with van der Waals surface area (Å²) in [6.45, 7) is 4.34. The van der Waals surface area contributed by atoms with Gasteiger partial charge in [-0.3, -0.25) is 9.78 Å². The average molecular weight is 456 g/mol. The van der Waals surface area contributed by atoms with E-state index in [0.29, 0.717) is 12.1 Å². The van der Waals surface area contributed by atoms with E-state index in [4.69, 9.17) is 4.74 Å². The fourth-order valence-corrected chi connectivity index (χ4v) is 4.09. The van der Waals surface area contributed by atoms with Crippen LogP contribution in [0.15, 0.2) is 84.5 Å². The number of carbonyl (C=O) groups excluding carboxylic acids is 1. The van der Waals surface area contributed by atoms with Crippen molar-refractivity contribution in [3.05, 3.63) is 101 Å². The quantitative estimate of drug-likeness (QED) is 0.267. The van der Waals surface area contributed by atoms with Crippen LogP contribution in [-0.2, 0) is 11.3 Å². The van der Waals surface area contributed by atoms with Gasteiger partial charge in [0.1, 0.15) is 10.8 Å². The van der Waals surface area contributed by atoms with Gasteiger partial charge >= 0.3 is 0 Å². The number of nitrogens with zero attached hydrogens (tertiary/aromatic N) is 2. The average Bonchev–Trinajstić information content (AvgIpc) is 3.32. The third-order valence-electron chi connectivity index (χ3n) is 4.80. The number of pyridine rings is 1. The predicted octanol–water partition coefficient (Wildman–Crippen LogP) is 5.85. The second-order valence-corrected chi connectivity index (χ2v) is 8.58. The molecule has 1 amide bonds. The maximum atomic E-state index is 13.2. The van der Waals surface area contributed by atoms with Crippen LogP contribution in [0.5, 0.6) is 5.75 Å². The van der Waals surface area contributed by atoms with Gasteiger partial charge in [0.2, 0.25) is 0 Å². The Morgan fingerprint density at radius 1 is 1.03 bits per heavy atom. The molecular weight excluding hydrogens is 430 g/mol. The summed E-state index contributed by atoms with van der Waals surface area (Å²) in [4.78, 5) is 21.9. The van der Waals surface area contributed by atoms with Crippen molar-refractivity contribution in [3.8, 4) is 16.3 Å². The van der Waals surface area contributed by atoms with Crippen LogP contribution in [0.3, 0.4) is 0 Å². The first-order valence-electron chi connectivity index (χ1n) is 10.8. The summed E-state index contributed by atoms with van der Waals surface area (Å²) in [5.41, 5.74) is 4.21. The molecule has 4 rings (SSSR count). The summed E-state index contributed by atoms with van der Waals surface area (Å²) in [7, 11) is 0. The van der Waals surface area contributed by atoms with Crippen LogP contribution < -0.4 is 10.1 Å². The van der Waals surface area contributed by atoms with Crippen molar-refractivity contribution in [2.24, 2.45) is 0 Å². The van der Waals surface area contributed by atoms with Crippen molar-refractivity contribution >= 4 is 28.9 Å². The van der Waals surface area contributed by atoms with E-state index in [2.05, 4.69) is 15.3 Å². The van der Waals surface area contributed by atoms with Crippen molar-refractivity contribution in [2.75, 3.05) is 0 Å². The molecule has 1 N–H and O–H groups in total. The lowest BCUT2D eigenvalue weighted by atomic mass is 10.0. The van der Waals surface area contributed by atoms with Crippen LogP contribution in [0, 0.1) is 0 Å². The Hall–Kier alpha value is -3.77. The fraction of sp³-hybridized carbons (Fsp3) is 0.148. The van der Waals surface area contributed by atoms with Gasteiger partial charge in [0.05, 0.1) is 18.3 Å². The molecule has 0 bridgehead atoms. The summed E-state index contributed by atoms with van der Waals surface area (Å²) in [6.07, 6.45) is 5.50. The number of aromatic nitrogens is 2. The SMILES string of the molecule is CC(C)Oc1ccc(/C=C(/C(=O)NCc2csc(-c3ccncc3)n2)c2ccccc2)cc1. The van der Waals surface area contributed by atoms with Gasteiger partial charge in [0.25, 0.3) is 5.91 Å². The molecule has 2 heterocycles. The Labute approximate surface area is 197 Å². The molecule has 0 aliphatic rings. The number of benzene rings is 2. The van der Waals surface area contributed by atoms with Crippen LogP contribution in [0.4, 0.5) is 0 Å². The monoisotopic (exact) mass is 455 g/mol. The van der Waals surface area contributed by atoms with E-state index in [9.17, 15) is 4.79 Å². The summed E-state index contributed by atoms with van der Waals surface area (Å²) >= 11 is 1.55. The molecule has 0 saturated heterocycles. The third kappa shape index (κ3) is 6.14. The molecule has 0 radical (unpaired) electrons. The van der Waals surface area contributed by atoms with Gasteiger partial charge in [0, 0.05) is 28.9 Å². The minimum Gasteiger partial charge on any atom is -0.491 e. The van der Waals surface area contributed by atoms with Crippen molar-refractivity contribution in [2.45, 2.75) is 26.5 Å².